The first-order valence-corrected chi connectivity index (χ1v) is 9.43. The van der Waals surface area contributed by atoms with E-state index in [4.69, 9.17) is 5.11 Å². The number of aliphatic hydroxyl groups is 1. The summed E-state index contributed by atoms with van der Waals surface area (Å²) in [7, 11) is -1.92. The third-order valence-electron chi connectivity index (χ3n) is 3.18. The van der Waals surface area contributed by atoms with Crippen molar-refractivity contribution in [1.82, 2.24) is 4.31 Å². The second-order valence-electron chi connectivity index (χ2n) is 4.64. The molecule has 1 aromatic carbocycles. The van der Waals surface area contributed by atoms with Crippen LogP contribution in [0.3, 0.4) is 0 Å². The smallest absolute Gasteiger partial charge is 0.243 e. The molecule has 4 nitrogen and oxygen atoms in total. The first-order valence-electron chi connectivity index (χ1n) is 6.60. The molecule has 1 aromatic rings. The molecule has 0 bridgehead atoms. The molecule has 0 spiro atoms. The fraction of sp³-hybridized carbons (Fsp3) is 0.467. The summed E-state index contributed by atoms with van der Waals surface area (Å²) in [4.78, 5) is 0.228. The van der Waals surface area contributed by atoms with Crippen LogP contribution in [0.2, 0.25) is 0 Å². The summed E-state index contributed by atoms with van der Waals surface area (Å²) < 4.78 is 26.6. The fourth-order valence-electron chi connectivity index (χ4n) is 1.75. The van der Waals surface area contributed by atoms with Gasteiger partial charge in [0.2, 0.25) is 10.0 Å². The van der Waals surface area contributed by atoms with Crippen LogP contribution >= 0.6 is 11.8 Å². The molecular formula is C15H21NO3S2. The Hall–Kier alpha value is -1.00. The van der Waals surface area contributed by atoms with Crippen LogP contribution in [0.15, 0.2) is 29.2 Å². The molecule has 0 amide bonds. The van der Waals surface area contributed by atoms with E-state index in [-0.39, 0.29) is 17.5 Å². The number of rotatable bonds is 6. The van der Waals surface area contributed by atoms with Crippen molar-refractivity contribution in [3.05, 3.63) is 29.8 Å². The van der Waals surface area contributed by atoms with Crippen LogP contribution in [0.5, 0.6) is 0 Å². The average Bonchev–Trinajstić information content (AvgIpc) is 2.50. The Balaban J connectivity index is 3.01. The Bertz CT molecular complexity index is 617. The van der Waals surface area contributed by atoms with Crippen molar-refractivity contribution >= 4 is 21.8 Å². The predicted molar refractivity (Wildman–Crippen MR) is 87.8 cm³/mol. The standard InChI is InChI=1S/C15H21NO3S2/c1-13(9-11-20-3)16(2)21(18,19)15-8-4-6-14(12-15)7-5-10-17/h4,6,8,12-13,17H,9-11H2,1-3H3. The Morgan fingerprint density at radius 2 is 2.14 bits per heavy atom. The maximum Gasteiger partial charge on any atom is 0.243 e. The molecule has 21 heavy (non-hydrogen) atoms. The van der Waals surface area contributed by atoms with Crippen LogP contribution in [0, 0.1) is 11.8 Å². The Morgan fingerprint density at radius 3 is 2.76 bits per heavy atom. The van der Waals surface area contributed by atoms with Crippen LogP contribution < -0.4 is 0 Å². The van der Waals surface area contributed by atoms with Gasteiger partial charge in [-0.3, -0.25) is 0 Å². The van der Waals surface area contributed by atoms with Crippen molar-refractivity contribution in [2.45, 2.75) is 24.3 Å². The number of nitrogens with zero attached hydrogens (tertiary/aromatic N) is 1. The minimum Gasteiger partial charge on any atom is -0.384 e. The first-order chi connectivity index (χ1) is 9.93. The number of aliphatic hydroxyl groups excluding tert-OH is 1. The second-order valence-corrected chi connectivity index (χ2v) is 7.62. The molecule has 0 saturated carbocycles. The zero-order valence-electron chi connectivity index (χ0n) is 12.5. The van der Waals surface area contributed by atoms with Gasteiger partial charge in [-0.1, -0.05) is 17.9 Å². The number of benzene rings is 1. The maximum absolute atomic E-state index is 12.6. The highest BCUT2D eigenvalue weighted by Crippen LogP contribution is 2.19. The summed E-state index contributed by atoms with van der Waals surface area (Å²) in [5.41, 5.74) is 0.579. The van der Waals surface area contributed by atoms with Crippen LogP contribution in [0.25, 0.3) is 0 Å². The highest BCUT2D eigenvalue weighted by molar-refractivity contribution is 7.98. The molecule has 0 aromatic heterocycles. The van der Waals surface area contributed by atoms with Gasteiger partial charge in [-0.25, -0.2) is 8.42 Å². The van der Waals surface area contributed by atoms with Gasteiger partial charge in [-0.05, 0) is 43.6 Å². The molecule has 116 valence electrons. The Kier molecular flexibility index (Phi) is 7.26. The molecular weight excluding hydrogens is 306 g/mol. The Morgan fingerprint density at radius 1 is 1.43 bits per heavy atom. The summed E-state index contributed by atoms with van der Waals surface area (Å²) in [6.45, 7) is 1.66. The minimum atomic E-state index is -3.52. The van der Waals surface area contributed by atoms with Crippen molar-refractivity contribution in [3.63, 3.8) is 0 Å². The zero-order chi connectivity index (χ0) is 15.9. The van der Waals surface area contributed by atoms with Crippen molar-refractivity contribution in [2.75, 3.05) is 25.7 Å². The molecule has 6 heteroatoms. The van der Waals surface area contributed by atoms with Crippen LogP contribution in [-0.4, -0.2) is 49.5 Å². The molecule has 0 aliphatic rings. The maximum atomic E-state index is 12.6. The second kappa shape index (κ2) is 8.44. The van der Waals surface area contributed by atoms with E-state index < -0.39 is 10.0 Å². The van der Waals surface area contributed by atoms with Gasteiger partial charge in [-0.2, -0.15) is 16.1 Å². The average molecular weight is 327 g/mol. The van der Waals surface area contributed by atoms with Crippen molar-refractivity contribution in [2.24, 2.45) is 0 Å². The lowest BCUT2D eigenvalue weighted by atomic mass is 10.2. The number of sulfonamides is 1. The van der Waals surface area contributed by atoms with Crippen LogP contribution in [-0.2, 0) is 10.0 Å². The van der Waals surface area contributed by atoms with E-state index in [1.807, 2.05) is 13.2 Å². The van der Waals surface area contributed by atoms with Gasteiger partial charge in [0.1, 0.15) is 6.61 Å². The van der Waals surface area contributed by atoms with E-state index in [0.29, 0.717) is 5.56 Å². The lowest BCUT2D eigenvalue weighted by molar-refractivity contribution is 0.350. The topological polar surface area (TPSA) is 57.6 Å². The summed E-state index contributed by atoms with van der Waals surface area (Å²) in [5.74, 6) is 6.16. The van der Waals surface area contributed by atoms with Gasteiger partial charge in [0.15, 0.2) is 0 Å². The van der Waals surface area contributed by atoms with Crippen LogP contribution in [0.1, 0.15) is 18.9 Å². The molecule has 1 atom stereocenters. The minimum absolute atomic E-state index is 0.0605. The Labute approximate surface area is 131 Å². The molecule has 0 fully saturated rings. The molecule has 0 radical (unpaired) electrons. The zero-order valence-corrected chi connectivity index (χ0v) is 14.2. The molecule has 0 heterocycles. The van der Waals surface area contributed by atoms with Gasteiger partial charge in [-0.15, -0.1) is 0 Å². The largest absolute Gasteiger partial charge is 0.384 e. The SMILES string of the molecule is CSCCC(C)N(C)S(=O)(=O)c1cccc(C#CCO)c1. The summed E-state index contributed by atoms with van der Waals surface area (Å²) in [5, 5.41) is 8.70. The van der Waals surface area contributed by atoms with Crippen LogP contribution in [0.4, 0.5) is 0 Å². The van der Waals surface area contributed by atoms with Gasteiger partial charge in [0, 0.05) is 18.7 Å². The first kappa shape index (κ1) is 18.1. The molecule has 1 unspecified atom stereocenters. The van der Waals surface area contributed by atoms with E-state index in [2.05, 4.69) is 11.8 Å². The van der Waals surface area contributed by atoms with Gasteiger partial charge < -0.3 is 5.11 Å². The molecule has 0 aliphatic heterocycles. The lowest BCUT2D eigenvalue weighted by Gasteiger charge is -2.24. The molecule has 0 saturated heterocycles. The van der Waals surface area contributed by atoms with Crippen molar-refractivity contribution < 1.29 is 13.5 Å². The van der Waals surface area contributed by atoms with E-state index in [1.54, 1.807) is 37.0 Å². The molecule has 0 aliphatic carbocycles. The van der Waals surface area contributed by atoms with E-state index in [9.17, 15) is 8.42 Å². The number of hydrogen-bond acceptors (Lipinski definition) is 4. The highest BCUT2D eigenvalue weighted by Gasteiger charge is 2.25. The van der Waals surface area contributed by atoms with Gasteiger partial charge >= 0.3 is 0 Å². The third-order valence-corrected chi connectivity index (χ3v) is 5.80. The van der Waals surface area contributed by atoms with Gasteiger partial charge in [0.05, 0.1) is 4.90 Å². The highest BCUT2D eigenvalue weighted by atomic mass is 32.2. The van der Waals surface area contributed by atoms with Crippen molar-refractivity contribution in [3.8, 4) is 11.8 Å². The quantitative estimate of drug-likeness (QED) is 0.810. The summed E-state index contributed by atoms with van der Waals surface area (Å²) in [6, 6.07) is 6.43. The number of thioether (sulfide) groups is 1. The summed E-state index contributed by atoms with van der Waals surface area (Å²) >= 11 is 1.70. The number of hydrogen-bond donors (Lipinski definition) is 1. The lowest BCUT2D eigenvalue weighted by Crippen LogP contribution is -2.35. The monoisotopic (exact) mass is 327 g/mol. The third kappa shape index (κ3) is 5.04. The van der Waals surface area contributed by atoms with E-state index in [1.165, 1.54) is 10.4 Å². The van der Waals surface area contributed by atoms with Gasteiger partial charge in [0.25, 0.3) is 0 Å². The fourth-order valence-corrected chi connectivity index (χ4v) is 3.76. The molecule has 1 N–H and O–H groups in total. The van der Waals surface area contributed by atoms with Crippen molar-refractivity contribution in [1.29, 1.82) is 0 Å². The normalized spacial score (nSPS) is 12.8. The summed E-state index contributed by atoms with van der Waals surface area (Å²) in [6.07, 6.45) is 2.81. The van der Waals surface area contributed by atoms with E-state index in [0.717, 1.165) is 12.2 Å². The van der Waals surface area contributed by atoms with E-state index >= 15 is 0 Å². The predicted octanol–water partition coefficient (Wildman–Crippen LogP) is 1.79. The molecule has 1 rings (SSSR count).